The van der Waals surface area contributed by atoms with Gasteiger partial charge in [0.1, 0.15) is 5.75 Å². The Morgan fingerprint density at radius 3 is 2.26 bits per heavy atom. The number of ketones is 1. The highest BCUT2D eigenvalue weighted by atomic mass is 16.3. The van der Waals surface area contributed by atoms with Gasteiger partial charge in [-0.25, -0.2) is 0 Å². The third-order valence-corrected chi connectivity index (χ3v) is 2.60. The molecule has 2 aromatic rings. The van der Waals surface area contributed by atoms with Crippen molar-refractivity contribution in [1.82, 2.24) is 0 Å². The average molecular weight is 255 g/mol. The molecular formula is C15H13NO3. The molecule has 2 aromatic carbocycles. The van der Waals surface area contributed by atoms with Gasteiger partial charge in [0, 0.05) is 5.56 Å². The van der Waals surface area contributed by atoms with Crippen LogP contribution in [-0.4, -0.2) is 16.8 Å². The Hall–Kier alpha value is -2.62. The van der Waals surface area contributed by atoms with Crippen molar-refractivity contribution in [3.05, 3.63) is 60.2 Å². The maximum Gasteiger partial charge on any atom is 0.232 e. The van der Waals surface area contributed by atoms with Crippen LogP contribution >= 0.6 is 0 Å². The summed E-state index contributed by atoms with van der Waals surface area (Å²) in [6.45, 7) is 0. The summed E-state index contributed by atoms with van der Waals surface area (Å²) in [6.07, 6.45) is -0.252. The predicted octanol–water partition coefficient (Wildman–Crippen LogP) is 2.60. The Morgan fingerprint density at radius 2 is 1.58 bits per heavy atom. The normalized spacial score (nSPS) is 9.89. The van der Waals surface area contributed by atoms with Crippen molar-refractivity contribution in [2.24, 2.45) is 0 Å². The Morgan fingerprint density at radius 1 is 0.947 bits per heavy atom. The van der Waals surface area contributed by atoms with Crippen molar-refractivity contribution < 1.29 is 14.7 Å². The number of carbonyl (C=O) groups is 2. The van der Waals surface area contributed by atoms with Gasteiger partial charge in [-0.05, 0) is 12.1 Å². The SMILES string of the molecule is O=C(CC(=O)c1ccccc1)Nc1ccccc1O. The largest absolute Gasteiger partial charge is 0.506 e. The summed E-state index contributed by atoms with van der Waals surface area (Å²) in [5, 5.41) is 12.0. The van der Waals surface area contributed by atoms with Crippen LogP contribution in [0.5, 0.6) is 5.75 Å². The molecule has 0 heterocycles. The van der Waals surface area contributed by atoms with Crippen LogP contribution in [0.3, 0.4) is 0 Å². The standard InChI is InChI=1S/C15H13NO3/c17-13-9-5-4-8-12(13)16-15(19)10-14(18)11-6-2-1-3-7-11/h1-9,17H,10H2,(H,16,19). The Bertz CT molecular complexity index is 593. The lowest BCUT2D eigenvalue weighted by Crippen LogP contribution is -2.16. The molecule has 0 spiro atoms. The van der Waals surface area contributed by atoms with Crippen molar-refractivity contribution in [2.45, 2.75) is 6.42 Å². The molecule has 0 saturated heterocycles. The van der Waals surface area contributed by atoms with E-state index in [4.69, 9.17) is 0 Å². The molecule has 0 aromatic heterocycles. The van der Waals surface area contributed by atoms with Gasteiger partial charge in [-0.15, -0.1) is 0 Å². The van der Waals surface area contributed by atoms with Crippen LogP contribution in [0.25, 0.3) is 0 Å². The zero-order valence-electron chi connectivity index (χ0n) is 10.2. The summed E-state index contributed by atoms with van der Waals surface area (Å²) in [5.41, 5.74) is 0.795. The molecule has 0 atom stereocenters. The highest BCUT2D eigenvalue weighted by Crippen LogP contribution is 2.21. The lowest BCUT2D eigenvalue weighted by Gasteiger charge is -2.06. The van der Waals surface area contributed by atoms with E-state index < -0.39 is 5.91 Å². The second-order valence-corrected chi connectivity index (χ2v) is 4.03. The minimum atomic E-state index is -0.449. The van der Waals surface area contributed by atoms with Gasteiger partial charge < -0.3 is 10.4 Å². The van der Waals surface area contributed by atoms with Gasteiger partial charge in [-0.3, -0.25) is 9.59 Å². The van der Waals surface area contributed by atoms with Crippen LogP contribution in [0.1, 0.15) is 16.8 Å². The Balaban J connectivity index is 1.99. The highest BCUT2D eigenvalue weighted by Gasteiger charge is 2.12. The molecule has 0 bridgehead atoms. The first-order valence-corrected chi connectivity index (χ1v) is 5.83. The molecule has 0 aliphatic carbocycles. The van der Waals surface area contributed by atoms with Crippen LogP contribution in [0.2, 0.25) is 0 Å². The van der Waals surface area contributed by atoms with Gasteiger partial charge in [0.05, 0.1) is 12.1 Å². The summed E-state index contributed by atoms with van der Waals surface area (Å²) in [5.74, 6) is -0.730. The monoisotopic (exact) mass is 255 g/mol. The average Bonchev–Trinajstić information content (AvgIpc) is 2.42. The Kier molecular flexibility index (Phi) is 3.93. The number of carbonyl (C=O) groups excluding carboxylic acids is 2. The molecule has 2 rings (SSSR count). The first kappa shape index (κ1) is 12.8. The Labute approximate surface area is 110 Å². The van der Waals surface area contributed by atoms with E-state index in [9.17, 15) is 14.7 Å². The molecule has 4 nitrogen and oxygen atoms in total. The third-order valence-electron chi connectivity index (χ3n) is 2.60. The predicted molar refractivity (Wildman–Crippen MR) is 72.1 cm³/mol. The number of nitrogens with one attached hydrogen (secondary N) is 1. The van der Waals surface area contributed by atoms with Crippen molar-refractivity contribution in [2.75, 3.05) is 5.32 Å². The highest BCUT2D eigenvalue weighted by molar-refractivity contribution is 6.11. The van der Waals surface area contributed by atoms with Crippen molar-refractivity contribution in [1.29, 1.82) is 0 Å². The number of para-hydroxylation sites is 2. The molecule has 2 N–H and O–H groups in total. The van der Waals surface area contributed by atoms with Crippen molar-refractivity contribution in [3.8, 4) is 5.75 Å². The van der Waals surface area contributed by atoms with E-state index in [1.54, 1.807) is 48.5 Å². The van der Waals surface area contributed by atoms with Crippen LogP contribution < -0.4 is 5.32 Å². The van der Waals surface area contributed by atoms with E-state index in [0.29, 0.717) is 11.3 Å². The lowest BCUT2D eigenvalue weighted by molar-refractivity contribution is -0.115. The minimum absolute atomic E-state index is 0.0250. The van der Waals surface area contributed by atoms with E-state index >= 15 is 0 Å². The molecule has 0 radical (unpaired) electrons. The number of aromatic hydroxyl groups is 1. The molecule has 0 aliphatic heterocycles. The first-order valence-electron chi connectivity index (χ1n) is 5.83. The first-order chi connectivity index (χ1) is 9.16. The van der Waals surface area contributed by atoms with Gasteiger partial charge in [0.25, 0.3) is 0 Å². The molecule has 96 valence electrons. The molecule has 0 saturated carbocycles. The zero-order chi connectivity index (χ0) is 13.7. The van der Waals surface area contributed by atoms with Crippen LogP contribution in [0.4, 0.5) is 5.69 Å². The van der Waals surface area contributed by atoms with Gasteiger partial charge in [-0.1, -0.05) is 42.5 Å². The fourth-order valence-electron chi connectivity index (χ4n) is 1.65. The van der Waals surface area contributed by atoms with E-state index in [1.807, 2.05) is 0 Å². The van der Waals surface area contributed by atoms with Crippen molar-refractivity contribution in [3.63, 3.8) is 0 Å². The number of hydrogen-bond acceptors (Lipinski definition) is 3. The van der Waals surface area contributed by atoms with Crippen LogP contribution in [0, 0.1) is 0 Å². The smallest absolute Gasteiger partial charge is 0.232 e. The van der Waals surface area contributed by atoms with Crippen molar-refractivity contribution >= 4 is 17.4 Å². The number of hydrogen-bond donors (Lipinski definition) is 2. The second-order valence-electron chi connectivity index (χ2n) is 4.03. The number of phenols is 1. The fourth-order valence-corrected chi connectivity index (χ4v) is 1.65. The summed E-state index contributed by atoms with van der Waals surface area (Å²) in [7, 11) is 0. The lowest BCUT2D eigenvalue weighted by atomic mass is 10.1. The quantitative estimate of drug-likeness (QED) is 0.501. The molecule has 1 amide bonds. The number of amides is 1. The molecule has 0 unspecified atom stereocenters. The van der Waals surface area contributed by atoms with Gasteiger partial charge in [-0.2, -0.15) is 0 Å². The molecular weight excluding hydrogens is 242 g/mol. The van der Waals surface area contributed by atoms with E-state index in [-0.39, 0.29) is 18.0 Å². The van der Waals surface area contributed by atoms with Gasteiger partial charge in [0.15, 0.2) is 5.78 Å². The fraction of sp³-hybridized carbons (Fsp3) is 0.0667. The number of phenolic OH excluding ortho intramolecular Hbond substituents is 1. The maximum absolute atomic E-state index is 11.8. The van der Waals surface area contributed by atoms with Gasteiger partial charge >= 0.3 is 0 Å². The summed E-state index contributed by atoms with van der Waals surface area (Å²) >= 11 is 0. The summed E-state index contributed by atoms with van der Waals surface area (Å²) < 4.78 is 0. The number of anilines is 1. The second kappa shape index (κ2) is 5.82. The number of rotatable bonds is 4. The van der Waals surface area contributed by atoms with Gasteiger partial charge in [0.2, 0.25) is 5.91 Å². The topological polar surface area (TPSA) is 66.4 Å². The summed E-state index contributed by atoms with van der Waals surface area (Å²) in [6, 6.07) is 15.0. The molecule has 19 heavy (non-hydrogen) atoms. The van der Waals surface area contributed by atoms with Crippen LogP contribution in [0.15, 0.2) is 54.6 Å². The molecule has 4 heteroatoms. The summed E-state index contributed by atoms with van der Waals surface area (Å²) in [4.78, 5) is 23.5. The minimum Gasteiger partial charge on any atom is -0.506 e. The molecule has 0 fully saturated rings. The number of benzene rings is 2. The number of Topliss-reactive ketones (excluding diaryl/α,β-unsaturated/α-hetero) is 1. The maximum atomic E-state index is 11.8. The molecule has 0 aliphatic rings. The van der Waals surface area contributed by atoms with E-state index in [2.05, 4.69) is 5.32 Å². The van der Waals surface area contributed by atoms with E-state index in [0.717, 1.165) is 0 Å². The van der Waals surface area contributed by atoms with E-state index in [1.165, 1.54) is 6.07 Å². The van der Waals surface area contributed by atoms with Crippen LogP contribution in [-0.2, 0) is 4.79 Å². The zero-order valence-corrected chi connectivity index (χ0v) is 10.2. The third kappa shape index (κ3) is 3.42.